The van der Waals surface area contributed by atoms with Crippen LogP contribution in [0, 0.1) is 0 Å². The maximum absolute atomic E-state index is 4.64. The van der Waals surface area contributed by atoms with Crippen LogP contribution in [0.3, 0.4) is 0 Å². The minimum absolute atomic E-state index is 0.280. The first-order valence-corrected chi connectivity index (χ1v) is 7.77. The van der Waals surface area contributed by atoms with E-state index in [-0.39, 0.29) is 6.04 Å². The fraction of sp³-hybridized carbons (Fsp3) is 0.214. The number of nitrogens with zero attached hydrogens (tertiary/aromatic N) is 2. The van der Waals surface area contributed by atoms with E-state index in [1.54, 1.807) is 11.3 Å². The molecule has 3 rings (SSSR count). The average Bonchev–Trinajstić information content (AvgIpc) is 2.96. The van der Waals surface area contributed by atoms with E-state index in [2.05, 4.69) is 60.4 Å². The highest BCUT2D eigenvalue weighted by molar-refractivity contribution is 9.10. The first-order chi connectivity index (χ1) is 9.26. The van der Waals surface area contributed by atoms with Crippen LogP contribution in [0.15, 0.2) is 46.5 Å². The van der Waals surface area contributed by atoms with Crippen molar-refractivity contribution < 1.29 is 0 Å². The number of aromatic nitrogens is 2. The molecule has 0 amide bonds. The second kappa shape index (κ2) is 5.45. The van der Waals surface area contributed by atoms with Crippen molar-refractivity contribution in [2.45, 2.75) is 12.5 Å². The molecule has 19 heavy (non-hydrogen) atoms. The van der Waals surface area contributed by atoms with Crippen LogP contribution >= 0.6 is 27.3 Å². The van der Waals surface area contributed by atoms with Gasteiger partial charge in [0.05, 0.1) is 5.69 Å². The summed E-state index contributed by atoms with van der Waals surface area (Å²) in [7, 11) is 1.99. The third kappa shape index (κ3) is 2.73. The van der Waals surface area contributed by atoms with E-state index in [4.69, 9.17) is 0 Å². The first kappa shape index (κ1) is 12.8. The Hall–Kier alpha value is -1.17. The van der Waals surface area contributed by atoms with E-state index in [1.165, 1.54) is 5.56 Å². The maximum Gasteiger partial charge on any atom is 0.193 e. The van der Waals surface area contributed by atoms with Gasteiger partial charge in [0.25, 0.3) is 0 Å². The van der Waals surface area contributed by atoms with Crippen molar-refractivity contribution in [3.63, 3.8) is 0 Å². The summed E-state index contributed by atoms with van der Waals surface area (Å²) in [5.74, 6) is 0. The van der Waals surface area contributed by atoms with Crippen LogP contribution in [-0.4, -0.2) is 16.4 Å². The van der Waals surface area contributed by atoms with E-state index >= 15 is 0 Å². The van der Waals surface area contributed by atoms with Crippen molar-refractivity contribution >= 4 is 32.2 Å². The Morgan fingerprint density at radius 2 is 2.37 bits per heavy atom. The number of benzene rings is 1. The van der Waals surface area contributed by atoms with Crippen molar-refractivity contribution in [2.24, 2.45) is 0 Å². The monoisotopic (exact) mass is 335 g/mol. The summed E-state index contributed by atoms with van der Waals surface area (Å²) in [6.45, 7) is 0. The molecule has 2 aromatic heterocycles. The second-order valence-corrected chi connectivity index (χ2v) is 6.21. The van der Waals surface area contributed by atoms with Crippen LogP contribution in [-0.2, 0) is 6.42 Å². The lowest BCUT2D eigenvalue weighted by Crippen LogP contribution is -2.18. The number of likely N-dealkylation sites (N-methyl/N-ethyl adjacent to an activating group) is 1. The van der Waals surface area contributed by atoms with Crippen LogP contribution in [0.2, 0.25) is 0 Å². The third-order valence-corrected chi connectivity index (χ3v) is 4.42. The molecule has 0 saturated carbocycles. The molecule has 0 radical (unpaired) electrons. The molecule has 0 aliphatic rings. The quantitative estimate of drug-likeness (QED) is 0.788. The van der Waals surface area contributed by atoms with E-state index < -0.39 is 0 Å². The number of nitrogens with one attached hydrogen (secondary N) is 1. The van der Waals surface area contributed by atoms with Gasteiger partial charge in [0.1, 0.15) is 0 Å². The van der Waals surface area contributed by atoms with Gasteiger partial charge in [-0.25, -0.2) is 4.98 Å². The van der Waals surface area contributed by atoms with Crippen molar-refractivity contribution in [3.05, 3.63) is 57.8 Å². The molecular weight excluding hydrogens is 322 g/mol. The van der Waals surface area contributed by atoms with Crippen LogP contribution in [0.1, 0.15) is 17.3 Å². The smallest absolute Gasteiger partial charge is 0.193 e. The lowest BCUT2D eigenvalue weighted by molar-refractivity contribution is 0.586. The minimum Gasteiger partial charge on any atom is -0.313 e. The zero-order valence-corrected chi connectivity index (χ0v) is 12.9. The SMILES string of the molecule is CNC(Cc1cn2ccsc2n1)c1cccc(Br)c1. The molecule has 98 valence electrons. The molecule has 0 bridgehead atoms. The third-order valence-electron chi connectivity index (χ3n) is 3.16. The zero-order chi connectivity index (χ0) is 13.2. The normalized spacial score (nSPS) is 12.9. The maximum atomic E-state index is 4.64. The Balaban J connectivity index is 1.85. The largest absolute Gasteiger partial charge is 0.313 e. The molecule has 0 spiro atoms. The van der Waals surface area contributed by atoms with Gasteiger partial charge in [-0.1, -0.05) is 28.1 Å². The van der Waals surface area contributed by atoms with Crippen molar-refractivity contribution in [2.75, 3.05) is 7.05 Å². The Morgan fingerprint density at radius 1 is 1.47 bits per heavy atom. The molecule has 1 unspecified atom stereocenters. The van der Waals surface area contributed by atoms with Gasteiger partial charge in [0.2, 0.25) is 0 Å². The summed E-state index contributed by atoms with van der Waals surface area (Å²) < 4.78 is 3.18. The lowest BCUT2D eigenvalue weighted by atomic mass is 10.0. The van der Waals surface area contributed by atoms with E-state index in [0.717, 1.165) is 21.5 Å². The van der Waals surface area contributed by atoms with Gasteiger partial charge in [0, 0.05) is 34.7 Å². The molecule has 5 heteroatoms. The van der Waals surface area contributed by atoms with Crippen LogP contribution in [0.5, 0.6) is 0 Å². The van der Waals surface area contributed by atoms with Gasteiger partial charge in [-0.15, -0.1) is 11.3 Å². The van der Waals surface area contributed by atoms with Crippen LogP contribution in [0.25, 0.3) is 4.96 Å². The van der Waals surface area contributed by atoms with Gasteiger partial charge in [-0.3, -0.25) is 4.40 Å². The molecule has 1 atom stereocenters. The highest BCUT2D eigenvalue weighted by Gasteiger charge is 2.13. The summed E-state index contributed by atoms with van der Waals surface area (Å²) in [5, 5.41) is 5.42. The van der Waals surface area contributed by atoms with Crippen molar-refractivity contribution in [1.29, 1.82) is 0 Å². The molecule has 3 nitrogen and oxygen atoms in total. The van der Waals surface area contributed by atoms with E-state index in [9.17, 15) is 0 Å². The number of fused-ring (bicyclic) bond motifs is 1. The van der Waals surface area contributed by atoms with Gasteiger partial charge >= 0.3 is 0 Å². The van der Waals surface area contributed by atoms with Gasteiger partial charge in [-0.05, 0) is 24.7 Å². The molecular formula is C14H14BrN3S. The zero-order valence-electron chi connectivity index (χ0n) is 10.5. The second-order valence-electron chi connectivity index (χ2n) is 4.43. The van der Waals surface area contributed by atoms with Crippen LogP contribution in [0.4, 0.5) is 0 Å². The van der Waals surface area contributed by atoms with Crippen molar-refractivity contribution in [3.8, 4) is 0 Å². The standard InChI is InChI=1S/C14H14BrN3S/c1-16-13(10-3-2-4-11(15)7-10)8-12-9-18-5-6-19-14(18)17-12/h2-7,9,13,16H,8H2,1H3. The first-order valence-electron chi connectivity index (χ1n) is 6.10. The Labute approximate surface area is 124 Å². The highest BCUT2D eigenvalue weighted by Crippen LogP contribution is 2.22. The number of thiazole rings is 1. The topological polar surface area (TPSA) is 29.3 Å². The minimum atomic E-state index is 0.280. The summed E-state index contributed by atoms with van der Waals surface area (Å²) in [4.78, 5) is 5.69. The average molecular weight is 336 g/mol. The number of hydrogen-bond donors (Lipinski definition) is 1. The molecule has 3 aromatic rings. The predicted molar refractivity (Wildman–Crippen MR) is 82.7 cm³/mol. The van der Waals surface area contributed by atoms with E-state index in [1.807, 2.05) is 19.3 Å². The van der Waals surface area contributed by atoms with E-state index in [0.29, 0.717) is 0 Å². The summed E-state index contributed by atoms with van der Waals surface area (Å²) in [5.41, 5.74) is 2.39. The Morgan fingerprint density at radius 3 is 3.11 bits per heavy atom. The molecule has 1 aromatic carbocycles. The molecule has 0 aliphatic heterocycles. The molecule has 0 fully saturated rings. The predicted octanol–water partition coefficient (Wildman–Crippen LogP) is 3.66. The molecule has 1 N–H and O–H groups in total. The van der Waals surface area contributed by atoms with Gasteiger partial charge in [-0.2, -0.15) is 0 Å². The number of imidazole rings is 1. The molecule has 0 aliphatic carbocycles. The Kier molecular flexibility index (Phi) is 3.68. The molecule has 2 heterocycles. The Bertz CT molecular complexity index is 660. The van der Waals surface area contributed by atoms with Crippen molar-refractivity contribution in [1.82, 2.24) is 14.7 Å². The van der Waals surface area contributed by atoms with Gasteiger partial charge in [0.15, 0.2) is 4.96 Å². The summed E-state index contributed by atoms with van der Waals surface area (Å²) in [6, 6.07) is 8.68. The fourth-order valence-electron chi connectivity index (χ4n) is 2.19. The summed E-state index contributed by atoms with van der Waals surface area (Å²) >= 11 is 5.19. The number of halogens is 1. The van der Waals surface area contributed by atoms with Crippen LogP contribution < -0.4 is 5.32 Å². The lowest BCUT2D eigenvalue weighted by Gasteiger charge is -2.15. The summed E-state index contributed by atoms with van der Waals surface area (Å²) in [6.07, 6.45) is 5.04. The molecule has 0 saturated heterocycles. The highest BCUT2D eigenvalue weighted by atomic mass is 79.9. The van der Waals surface area contributed by atoms with Gasteiger partial charge < -0.3 is 5.32 Å². The number of rotatable bonds is 4. The fourth-order valence-corrected chi connectivity index (χ4v) is 3.33. The number of hydrogen-bond acceptors (Lipinski definition) is 3.